The summed E-state index contributed by atoms with van der Waals surface area (Å²) in [6.07, 6.45) is 3.43. The summed E-state index contributed by atoms with van der Waals surface area (Å²) in [6, 6.07) is 8.38. The van der Waals surface area contributed by atoms with Gasteiger partial charge < -0.3 is 9.47 Å². The maximum absolute atomic E-state index is 11.6. The lowest BCUT2D eigenvalue weighted by atomic mass is 10.0. The van der Waals surface area contributed by atoms with Crippen molar-refractivity contribution in [1.82, 2.24) is 9.47 Å². The Balaban J connectivity index is 2.22. The average molecular weight is 230 g/mol. The van der Waals surface area contributed by atoms with E-state index < -0.39 is 0 Å². The fourth-order valence-electron chi connectivity index (χ4n) is 2.05. The zero-order valence-corrected chi connectivity index (χ0v) is 10.6. The number of aryl methyl sites for hydroxylation is 2. The number of rotatable bonds is 3. The Hall–Kier alpha value is -1.77. The average Bonchev–Trinajstić information content (AvgIpc) is 2.69. The Morgan fingerprint density at radius 1 is 1.29 bits per heavy atom. The molecule has 2 rings (SSSR count). The molecule has 0 aliphatic heterocycles. The Bertz CT molecular complexity index is 540. The number of fused-ring (bicyclic) bond motifs is 1. The van der Waals surface area contributed by atoms with E-state index in [0.29, 0.717) is 6.42 Å². The number of carbonyl (C=O) groups excluding carboxylic acids is 1. The Kier molecular flexibility index (Phi) is 3.18. The molecule has 0 N–H and O–H groups in total. The molecule has 1 heterocycles. The lowest BCUT2D eigenvalue weighted by molar-refractivity contribution is -0.128. The van der Waals surface area contributed by atoms with Gasteiger partial charge in [0.2, 0.25) is 5.91 Å². The maximum atomic E-state index is 11.6. The number of amides is 1. The van der Waals surface area contributed by atoms with Crippen molar-refractivity contribution < 1.29 is 4.79 Å². The molecule has 2 aromatic rings. The second-order valence-electron chi connectivity index (χ2n) is 4.56. The molecule has 1 aromatic carbocycles. The van der Waals surface area contributed by atoms with Crippen LogP contribution in [-0.4, -0.2) is 29.5 Å². The van der Waals surface area contributed by atoms with Gasteiger partial charge in [0.05, 0.1) is 0 Å². The van der Waals surface area contributed by atoms with Crippen molar-refractivity contribution in [2.75, 3.05) is 14.1 Å². The van der Waals surface area contributed by atoms with Crippen LogP contribution in [0.25, 0.3) is 10.9 Å². The first-order valence-corrected chi connectivity index (χ1v) is 5.82. The first kappa shape index (κ1) is 11.7. The molecule has 0 bridgehead atoms. The lowest BCUT2D eigenvalue weighted by Gasteiger charge is -2.10. The van der Waals surface area contributed by atoms with E-state index in [-0.39, 0.29) is 5.91 Å². The van der Waals surface area contributed by atoms with Crippen molar-refractivity contribution in [1.29, 1.82) is 0 Å². The third-order valence-electron chi connectivity index (χ3n) is 3.13. The Morgan fingerprint density at radius 2 is 2.06 bits per heavy atom. The molecule has 0 saturated carbocycles. The van der Waals surface area contributed by atoms with Crippen LogP contribution in [0.15, 0.2) is 30.5 Å². The van der Waals surface area contributed by atoms with Gasteiger partial charge in [-0.2, -0.15) is 0 Å². The second kappa shape index (κ2) is 4.62. The van der Waals surface area contributed by atoms with Gasteiger partial charge in [-0.05, 0) is 24.1 Å². The van der Waals surface area contributed by atoms with Crippen molar-refractivity contribution in [3.05, 3.63) is 36.0 Å². The van der Waals surface area contributed by atoms with Crippen molar-refractivity contribution >= 4 is 16.8 Å². The molecule has 3 nitrogen and oxygen atoms in total. The van der Waals surface area contributed by atoms with Crippen LogP contribution in [0, 0.1) is 0 Å². The van der Waals surface area contributed by atoms with Gasteiger partial charge in [0, 0.05) is 44.7 Å². The molecule has 0 aliphatic carbocycles. The molecule has 0 aliphatic rings. The van der Waals surface area contributed by atoms with E-state index in [1.165, 1.54) is 16.5 Å². The van der Waals surface area contributed by atoms with E-state index in [1.807, 2.05) is 7.05 Å². The summed E-state index contributed by atoms with van der Waals surface area (Å²) in [7, 11) is 5.63. The van der Waals surface area contributed by atoms with Gasteiger partial charge in [0.15, 0.2) is 0 Å². The molecule has 3 heteroatoms. The smallest absolute Gasteiger partial charge is 0.222 e. The summed E-state index contributed by atoms with van der Waals surface area (Å²) in [5, 5.41) is 1.25. The highest BCUT2D eigenvalue weighted by molar-refractivity contribution is 5.84. The summed E-state index contributed by atoms with van der Waals surface area (Å²) in [4.78, 5) is 13.2. The lowest BCUT2D eigenvalue weighted by Crippen LogP contribution is -2.21. The Labute approximate surface area is 102 Å². The number of hydrogen-bond acceptors (Lipinski definition) is 1. The molecule has 0 atom stereocenters. The van der Waals surface area contributed by atoms with Gasteiger partial charge in [0.25, 0.3) is 0 Å². The van der Waals surface area contributed by atoms with Crippen LogP contribution >= 0.6 is 0 Å². The largest absolute Gasteiger partial charge is 0.351 e. The van der Waals surface area contributed by atoms with Crippen LogP contribution in [0.5, 0.6) is 0 Å². The summed E-state index contributed by atoms with van der Waals surface area (Å²) in [5.41, 5.74) is 2.47. The monoisotopic (exact) mass is 230 g/mol. The zero-order chi connectivity index (χ0) is 12.4. The van der Waals surface area contributed by atoms with Crippen LogP contribution in [0.2, 0.25) is 0 Å². The van der Waals surface area contributed by atoms with Crippen molar-refractivity contribution in [3.63, 3.8) is 0 Å². The predicted octanol–water partition coefficient (Wildman–Crippen LogP) is 2.20. The summed E-state index contributed by atoms with van der Waals surface area (Å²) < 4.78 is 2.10. The van der Waals surface area contributed by atoms with Gasteiger partial charge >= 0.3 is 0 Å². The summed E-state index contributed by atoms with van der Waals surface area (Å²) >= 11 is 0. The maximum Gasteiger partial charge on any atom is 0.222 e. The molecule has 0 radical (unpaired) electrons. The van der Waals surface area contributed by atoms with Crippen molar-refractivity contribution in [2.45, 2.75) is 12.8 Å². The van der Waals surface area contributed by atoms with Crippen LogP contribution < -0.4 is 0 Å². The second-order valence-corrected chi connectivity index (χ2v) is 4.56. The fraction of sp³-hybridized carbons (Fsp3) is 0.357. The molecule has 0 spiro atoms. The molecular formula is C14H18N2O. The van der Waals surface area contributed by atoms with Crippen LogP contribution in [0.3, 0.4) is 0 Å². The van der Waals surface area contributed by atoms with E-state index in [9.17, 15) is 4.79 Å². The Morgan fingerprint density at radius 3 is 2.76 bits per heavy atom. The molecule has 1 aromatic heterocycles. The molecule has 1 amide bonds. The zero-order valence-electron chi connectivity index (χ0n) is 10.6. The SMILES string of the molecule is CN(C)C(=O)CCc1cccc2c1ccn2C. The highest BCUT2D eigenvalue weighted by Crippen LogP contribution is 2.20. The minimum Gasteiger partial charge on any atom is -0.351 e. The third kappa shape index (κ3) is 2.33. The van der Waals surface area contributed by atoms with E-state index >= 15 is 0 Å². The van der Waals surface area contributed by atoms with E-state index in [1.54, 1.807) is 19.0 Å². The van der Waals surface area contributed by atoms with E-state index in [0.717, 1.165) is 6.42 Å². The minimum atomic E-state index is 0.179. The van der Waals surface area contributed by atoms with Crippen LogP contribution in [0.1, 0.15) is 12.0 Å². The molecule has 17 heavy (non-hydrogen) atoms. The number of carbonyl (C=O) groups is 1. The highest BCUT2D eigenvalue weighted by Gasteiger charge is 2.07. The minimum absolute atomic E-state index is 0.179. The fourth-order valence-corrected chi connectivity index (χ4v) is 2.05. The van der Waals surface area contributed by atoms with Gasteiger partial charge in [-0.25, -0.2) is 0 Å². The summed E-state index contributed by atoms with van der Waals surface area (Å²) in [6.45, 7) is 0. The van der Waals surface area contributed by atoms with Crippen LogP contribution in [-0.2, 0) is 18.3 Å². The van der Waals surface area contributed by atoms with Gasteiger partial charge in [-0.1, -0.05) is 12.1 Å². The number of nitrogens with zero attached hydrogens (tertiary/aromatic N) is 2. The number of benzene rings is 1. The number of aromatic nitrogens is 1. The van der Waals surface area contributed by atoms with Gasteiger partial charge in [-0.15, -0.1) is 0 Å². The van der Waals surface area contributed by atoms with E-state index in [2.05, 4.69) is 35.0 Å². The standard InChI is InChI=1S/C14H18N2O/c1-15(2)14(17)8-7-11-5-4-6-13-12(11)9-10-16(13)3/h4-6,9-10H,7-8H2,1-3H3. The van der Waals surface area contributed by atoms with Gasteiger partial charge in [-0.3, -0.25) is 4.79 Å². The van der Waals surface area contributed by atoms with Gasteiger partial charge in [0.1, 0.15) is 0 Å². The highest BCUT2D eigenvalue weighted by atomic mass is 16.2. The number of hydrogen-bond donors (Lipinski definition) is 0. The molecule has 90 valence electrons. The molecular weight excluding hydrogens is 212 g/mol. The molecule has 0 unspecified atom stereocenters. The third-order valence-corrected chi connectivity index (χ3v) is 3.13. The molecule has 0 saturated heterocycles. The normalized spacial score (nSPS) is 10.8. The first-order chi connectivity index (χ1) is 8.09. The van der Waals surface area contributed by atoms with Crippen molar-refractivity contribution in [3.8, 4) is 0 Å². The van der Waals surface area contributed by atoms with E-state index in [4.69, 9.17) is 0 Å². The summed E-state index contributed by atoms with van der Waals surface area (Å²) in [5.74, 6) is 0.179. The first-order valence-electron chi connectivity index (χ1n) is 5.82. The topological polar surface area (TPSA) is 25.2 Å². The quantitative estimate of drug-likeness (QED) is 0.793. The van der Waals surface area contributed by atoms with Crippen LogP contribution in [0.4, 0.5) is 0 Å². The van der Waals surface area contributed by atoms with Crippen molar-refractivity contribution in [2.24, 2.45) is 7.05 Å². The molecule has 0 fully saturated rings. The predicted molar refractivity (Wildman–Crippen MR) is 69.9 cm³/mol.